The van der Waals surface area contributed by atoms with Crippen molar-refractivity contribution < 1.29 is 9.53 Å². The van der Waals surface area contributed by atoms with Gasteiger partial charge in [0.05, 0.1) is 6.10 Å². The second-order valence-electron chi connectivity index (χ2n) is 8.07. The Labute approximate surface area is 151 Å². The number of aliphatic imine (C=N–C) groups is 1. The third kappa shape index (κ3) is 3.54. The lowest BCUT2D eigenvalue weighted by Gasteiger charge is -2.57. The van der Waals surface area contributed by atoms with Gasteiger partial charge in [0.25, 0.3) is 0 Å². The number of carbonyl (C=O) groups is 1. The number of fused-ring (bicyclic) bond motifs is 2. The van der Waals surface area contributed by atoms with E-state index in [1.54, 1.807) is 19.0 Å². The fourth-order valence-electron chi connectivity index (χ4n) is 4.73. The van der Waals surface area contributed by atoms with Gasteiger partial charge in [0.2, 0.25) is 5.91 Å². The van der Waals surface area contributed by atoms with Crippen LogP contribution in [0.25, 0.3) is 0 Å². The molecule has 3 unspecified atom stereocenters. The molecule has 2 saturated carbocycles. The first-order valence-electron chi connectivity index (χ1n) is 9.45. The maximum absolute atomic E-state index is 11.9. The smallest absolute Gasteiger partial charge is 0.243 e. The molecule has 3 fully saturated rings. The minimum Gasteiger partial charge on any atom is -0.377 e. The first kappa shape index (κ1) is 18.2. The third-order valence-electron chi connectivity index (χ3n) is 6.01. The van der Waals surface area contributed by atoms with Crippen LogP contribution in [0.3, 0.4) is 0 Å². The monoisotopic (exact) mass is 348 g/mol. The summed E-state index contributed by atoms with van der Waals surface area (Å²) < 4.78 is 6.05. The topological polar surface area (TPSA) is 66.0 Å². The summed E-state index contributed by atoms with van der Waals surface area (Å²) in [5.41, 5.74) is 1.30. The molecule has 2 aliphatic carbocycles. The zero-order chi connectivity index (χ0) is 18.0. The Morgan fingerprint density at radius 2 is 2.08 bits per heavy atom. The molecule has 1 amide bonds. The standard InChI is InChI=1S/C19H32N4O2/c1-13(2)11-20-18(21-12-15(24)23(3)4)22-16-14-7-10-25-17(14)19(16)8-5-6-9-19/h14,16-17H,1,5-12H2,2-4H3,(H2,20,21,22). The normalized spacial score (nSPS) is 29.9. The molecule has 1 heterocycles. The number of nitrogens with one attached hydrogen (secondary N) is 2. The number of hydrogen-bond acceptors (Lipinski definition) is 3. The Kier molecular flexibility index (Phi) is 5.37. The first-order valence-corrected chi connectivity index (χ1v) is 9.45. The molecule has 0 bridgehead atoms. The van der Waals surface area contributed by atoms with E-state index >= 15 is 0 Å². The molecule has 1 aliphatic heterocycles. The molecule has 1 saturated heterocycles. The molecule has 0 aromatic rings. The van der Waals surface area contributed by atoms with E-state index in [1.807, 2.05) is 6.92 Å². The Balaban J connectivity index is 1.71. The van der Waals surface area contributed by atoms with Crippen molar-refractivity contribution in [2.24, 2.45) is 16.3 Å². The predicted molar refractivity (Wildman–Crippen MR) is 99.5 cm³/mol. The highest BCUT2D eigenvalue weighted by Crippen LogP contribution is 2.60. The molecular weight excluding hydrogens is 316 g/mol. The lowest BCUT2D eigenvalue weighted by molar-refractivity contribution is -0.127. The van der Waals surface area contributed by atoms with E-state index < -0.39 is 0 Å². The number of nitrogens with zero attached hydrogens (tertiary/aromatic N) is 2. The lowest BCUT2D eigenvalue weighted by Crippen LogP contribution is -2.69. The average Bonchev–Trinajstić information content (AvgIpc) is 3.21. The molecule has 0 radical (unpaired) electrons. The van der Waals surface area contributed by atoms with Crippen molar-refractivity contribution in [3.05, 3.63) is 12.2 Å². The van der Waals surface area contributed by atoms with Crippen molar-refractivity contribution in [3.8, 4) is 0 Å². The molecule has 0 aromatic carbocycles. The van der Waals surface area contributed by atoms with E-state index in [0.717, 1.165) is 24.6 Å². The summed E-state index contributed by atoms with van der Waals surface area (Å²) in [6.45, 7) is 7.62. The summed E-state index contributed by atoms with van der Waals surface area (Å²) in [4.78, 5) is 18.0. The number of rotatable bonds is 5. The third-order valence-corrected chi connectivity index (χ3v) is 6.01. The van der Waals surface area contributed by atoms with Crippen LogP contribution >= 0.6 is 0 Å². The van der Waals surface area contributed by atoms with Crippen molar-refractivity contribution in [2.45, 2.75) is 51.2 Å². The van der Waals surface area contributed by atoms with Crippen LogP contribution in [0.2, 0.25) is 0 Å². The summed E-state index contributed by atoms with van der Waals surface area (Å²) in [5, 5.41) is 6.98. The molecule has 25 heavy (non-hydrogen) atoms. The Morgan fingerprint density at radius 1 is 1.36 bits per heavy atom. The summed E-state index contributed by atoms with van der Waals surface area (Å²) in [7, 11) is 3.51. The number of carbonyl (C=O) groups excluding carboxylic acids is 1. The van der Waals surface area contributed by atoms with E-state index in [4.69, 9.17) is 4.74 Å². The number of ether oxygens (including phenoxy) is 1. The Hall–Kier alpha value is -1.56. The van der Waals surface area contributed by atoms with Gasteiger partial charge in [-0.15, -0.1) is 0 Å². The fraction of sp³-hybridized carbons (Fsp3) is 0.789. The van der Waals surface area contributed by atoms with Gasteiger partial charge in [-0.2, -0.15) is 0 Å². The van der Waals surface area contributed by atoms with Crippen molar-refractivity contribution in [1.29, 1.82) is 0 Å². The molecule has 6 nitrogen and oxygen atoms in total. The second-order valence-corrected chi connectivity index (χ2v) is 8.07. The van der Waals surface area contributed by atoms with Crippen LogP contribution < -0.4 is 10.6 Å². The second kappa shape index (κ2) is 7.36. The largest absolute Gasteiger partial charge is 0.377 e. The molecule has 3 aliphatic rings. The van der Waals surface area contributed by atoms with Gasteiger partial charge in [0, 0.05) is 44.6 Å². The SMILES string of the molecule is C=C(C)CNC(=NCC(=O)N(C)C)NC1C2CCOC2C12CCCC2. The van der Waals surface area contributed by atoms with Crippen molar-refractivity contribution in [2.75, 3.05) is 33.8 Å². The molecule has 1 spiro atoms. The van der Waals surface area contributed by atoms with Gasteiger partial charge in [0.1, 0.15) is 6.54 Å². The van der Waals surface area contributed by atoms with Gasteiger partial charge in [0.15, 0.2) is 5.96 Å². The van der Waals surface area contributed by atoms with E-state index in [1.165, 1.54) is 25.7 Å². The van der Waals surface area contributed by atoms with Gasteiger partial charge < -0.3 is 20.3 Å². The van der Waals surface area contributed by atoms with E-state index in [9.17, 15) is 4.79 Å². The quantitative estimate of drug-likeness (QED) is 0.449. The molecule has 6 heteroatoms. The number of hydrogen-bond donors (Lipinski definition) is 2. The van der Waals surface area contributed by atoms with Crippen LogP contribution in [0.15, 0.2) is 17.1 Å². The van der Waals surface area contributed by atoms with Gasteiger partial charge in [-0.1, -0.05) is 25.0 Å². The van der Waals surface area contributed by atoms with Crippen molar-refractivity contribution in [1.82, 2.24) is 15.5 Å². The van der Waals surface area contributed by atoms with Gasteiger partial charge in [-0.3, -0.25) is 4.79 Å². The fourth-order valence-corrected chi connectivity index (χ4v) is 4.73. The van der Waals surface area contributed by atoms with E-state index in [-0.39, 0.29) is 17.9 Å². The Morgan fingerprint density at radius 3 is 2.72 bits per heavy atom. The molecule has 3 rings (SSSR count). The van der Waals surface area contributed by atoms with Crippen LogP contribution in [-0.4, -0.2) is 62.7 Å². The maximum atomic E-state index is 11.9. The summed E-state index contributed by atoms with van der Waals surface area (Å²) >= 11 is 0. The van der Waals surface area contributed by atoms with Crippen LogP contribution in [0.1, 0.15) is 39.0 Å². The molecule has 0 aromatic heterocycles. The Bertz CT molecular complexity index is 552. The molecular formula is C19H32N4O2. The molecule has 3 atom stereocenters. The van der Waals surface area contributed by atoms with Gasteiger partial charge in [-0.05, 0) is 26.2 Å². The summed E-state index contributed by atoms with van der Waals surface area (Å²) in [5.74, 6) is 1.29. The first-order chi connectivity index (χ1) is 11.9. The van der Waals surface area contributed by atoms with E-state index in [0.29, 0.717) is 24.6 Å². The van der Waals surface area contributed by atoms with Crippen molar-refractivity contribution in [3.63, 3.8) is 0 Å². The highest BCUT2D eigenvalue weighted by molar-refractivity contribution is 5.85. The number of likely N-dealkylation sites (N-methyl/N-ethyl adjacent to an activating group) is 1. The zero-order valence-electron chi connectivity index (χ0n) is 15.8. The van der Waals surface area contributed by atoms with Crippen molar-refractivity contribution >= 4 is 11.9 Å². The van der Waals surface area contributed by atoms with Crippen LogP contribution in [0, 0.1) is 11.3 Å². The number of amides is 1. The van der Waals surface area contributed by atoms with E-state index in [2.05, 4.69) is 22.2 Å². The molecule has 2 N–H and O–H groups in total. The maximum Gasteiger partial charge on any atom is 0.243 e. The highest BCUT2D eigenvalue weighted by Gasteiger charge is 2.65. The number of guanidine groups is 1. The average molecular weight is 348 g/mol. The summed E-state index contributed by atoms with van der Waals surface area (Å²) in [6, 6.07) is 0.397. The van der Waals surface area contributed by atoms with Crippen LogP contribution in [0.5, 0.6) is 0 Å². The summed E-state index contributed by atoms with van der Waals surface area (Å²) in [6.07, 6.45) is 6.57. The van der Waals surface area contributed by atoms with Crippen LogP contribution in [0.4, 0.5) is 0 Å². The predicted octanol–water partition coefficient (Wildman–Crippen LogP) is 1.53. The molecule has 140 valence electrons. The lowest BCUT2D eigenvalue weighted by atomic mass is 9.54. The minimum atomic E-state index is 0.00249. The van der Waals surface area contributed by atoms with Gasteiger partial charge >= 0.3 is 0 Å². The zero-order valence-corrected chi connectivity index (χ0v) is 15.8. The van der Waals surface area contributed by atoms with Crippen LogP contribution in [-0.2, 0) is 9.53 Å². The minimum absolute atomic E-state index is 0.00249. The van der Waals surface area contributed by atoms with Gasteiger partial charge in [-0.25, -0.2) is 4.99 Å². The highest BCUT2D eigenvalue weighted by atomic mass is 16.5.